The van der Waals surface area contributed by atoms with Gasteiger partial charge in [-0.05, 0) is 34.7 Å². The summed E-state index contributed by atoms with van der Waals surface area (Å²) < 4.78 is 5.12. The van der Waals surface area contributed by atoms with Crippen LogP contribution in [0.15, 0.2) is 79.1 Å². The molecule has 0 unspecified atom stereocenters. The fourth-order valence-corrected chi connectivity index (χ4v) is 3.29. The van der Waals surface area contributed by atoms with Gasteiger partial charge in [-0.25, -0.2) is 0 Å². The molecule has 0 aliphatic carbocycles. The summed E-state index contributed by atoms with van der Waals surface area (Å²) in [4.78, 5) is 18.9. The van der Waals surface area contributed by atoms with E-state index in [1.165, 1.54) is 0 Å². The molecule has 1 heterocycles. The van der Waals surface area contributed by atoms with Crippen LogP contribution in [0.4, 0.5) is 0 Å². The Bertz CT molecular complexity index is 899. The van der Waals surface area contributed by atoms with E-state index in [1.807, 2.05) is 43.6 Å². The molecular formula is C25H29N3O2. The van der Waals surface area contributed by atoms with Crippen LogP contribution in [0, 0.1) is 0 Å². The van der Waals surface area contributed by atoms with Crippen molar-refractivity contribution in [3.05, 3.63) is 90.3 Å². The van der Waals surface area contributed by atoms with Crippen LogP contribution in [0.25, 0.3) is 11.1 Å². The van der Waals surface area contributed by atoms with E-state index < -0.39 is 0 Å². The first-order valence-electron chi connectivity index (χ1n) is 10.2. The molecule has 5 nitrogen and oxygen atoms in total. The molecule has 1 atom stereocenters. The predicted octanol–water partition coefficient (Wildman–Crippen LogP) is 3.55. The number of ether oxygens (including phenoxy) is 1. The minimum absolute atomic E-state index is 0.0721. The van der Waals surface area contributed by atoms with E-state index in [0.29, 0.717) is 26.1 Å². The van der Waals surface area contributed by atoms with Gasteiger partial charge in [-0.3, -0.25) is 9.78 Å². The molecule has 0 saturated heterocycles. The zero-order chi connectivity index (χ0) is 21.2. The van der Waals surface area contributed by atoms with Gasteiger partial charge in [0.15, 0.2) is 0 Å². The average molecular weight is 404 g/mol. The zero-order valence-corrected chi connectivity index (χ0v) is 17.6. The summed E-state index contributed by atoms with van der Waals surface area (Å²) in [5.41, 5.74) is 4.49. The number of pyridine rings is 1. The van der Waals surface area contributed by atoms with E-state index in [1.54, 1.807) is 18.2 Å². The van der Waals surface area contributed by atoms with Crippen LogP contribution in [0.3, 0.4) is 0 Å². The maximum absolute atomic E-state index is 13.0. The topological polar surface area (TPSA) is 54.5 Å². The van der Waals surface area contributed by atoms with Crippen molar-refractivity contribution in [3.63, 3.8) is 0 Å². The van der Waals surface area contributed by atoms with Gasteiger partial charge >= 0.3 is 0 Å². The number of carbonyl (C=O) groups is 1. The van der Waals surface area contributed by atoms with Gasteiger partial charge in [-0.2, -0.15) is 0 Å². The second kappa shape index (κ2) is 11.2. The van der Waals surface area contributed by atoms with E-state index in [-0.39, 0.29) is 11.9 Å². The van der Waals surface area contributed by atoms with Crippen LogP contribution in [0.5, 0.6) is 0 Å². The number of hydrogen-bond donors (Lipinski definition) is 1. The number of benzene rings is 2. The summed E-state index contributed by atoms with van der Waals surface area (Å²) in [6.45, 7) is 1.72. The van der Waals surface area contributed by atoms with Crippen molar-refractivity contribution >= 4 is 5.91 Å². The first-order valence-corrected chi connectivity index (χ1v) is 10.2. The summed E-state index contributed by atoms with van der Waals surface area (Å²) in [7, 11) is 3.47. The van der Waals surface area contributed by atoms with Gasteiger partial charge in [0.25, 0.3) is 0 Å². The highest BCUT2D eigenvalue weighted by Crippen LogP contribution is 2.18. The van der Waals surface area contributed by atoms with Gasteiger partial charge < -0.3 is 15.0 Å². The SMILES string of the molecule is COCCN(C)C(=O)[C@H](Cc1ccccc1)NCc1ccc(-c2cccnc2)cc1. The van der Waals surface area contributed by atoms with Crippen molar-refractivity contribution in [2.75, 3.05) is 27.3 Å². The molecular weight excluding hydrogens is 374 g/mol. The Morgan fingerprint density at radius 2 is 1.77 bits per heavy atom. The number of nitrogens with zero attached hydrogens (tertiary/aromatic N) is 2. The number of nitrogens with one attached hydrogen (secondary N) is 1. The molecule has 3 rings (SSSR count). The summed E-state index contributed by atoms with van der Waals surface area (Å²) in [6.07, 6.45) is 4.28. The molecule has 0 saturated carbocycles. The highest BCUT2D eigenvalue weighted by molar-refractivity contribution is 5.82. The summed E-state index contributed by atoms with van der Waals surface area (Å²) >= 11 is 0. The van der Waals surface area contributed by atoms with Gasteiger partial charge in [0.05, 0.1) is 12.6 Å². The van der Waals surface area contributed by atoms with E-state index in [4.69, 9.17) is 4.74 Å². The third kappa shape index (κ3) is 6.24. The molecule has 2 aromatic carbocycles. The molecule has 0 bridgehead atoms. The number of amides is 1. The number of methoxy groups -OCH3 is 1. The Balaban J connectivity index is 1.67. The molecule has 0 spiro atoms. The van der Waals surface area contributed by atoms with Gasteiger partial charge in [0.2, 0.25) is 5.91 Å². The molecule has 156 valence electrons. The summed E-state index contributed by atoms with van der Waals surface area (Å²) in [6, 6.07) is 22.1. The van der Waals surface area contributed by atoms with Crippen molar-refractivity contribution < 1.29 is 9.53 Å². The normalized spacial score (nSPS) is 11.8. The largest absolute Gasteiger partial charge is 0.383 e. The van der Waals surface area contributed by atoms with E-state index in [9.17, 15) is 4.79 Å². The predicted molar refractivity (Wildman–Crippen MR) is 120 cm³/mol. The standard InChI is InChI=1S/C25H29N3O2/c1-28(15-16-30-2)25(29)24(17-20-7-4-3-5-8-20)27-18-21-10-12-22(13-11-21)23-9-6-14-26-19-23/h3-14,19,24,27H,15-18H2,1-2H3/t24-/m0/s1. The Morgan fingerprint density at radius 1 is 1.00 bits per heavy atom. The Hall–Kier alpha value is -3.02. The molecule has 5 heteroatoms. The van der Waals surface area contributed by atoms with Crippen LogP contribution >= 0.6 is 0 Å². The van der Waals surface area contributed by atoms with Crippen LogP contribution in [0.1, 0.15) is 11.1 Å². The van der Waals surface area contributed by atoms with Crippen LogP contribution < -0.4 is 5.32 Å². The average Bonchev–Trinajstić information content (AvgIpc) is 2.81. The molecule has 30 heavy (non-hydrogen) atoms. The fraction of sp³-hybridized carbons (Fsp3) is 0.280. The summed E-state index contributed by atoms with van der Waals surface area (Å²) in [5.74, 6) is 0.0721. The molecule has 1 aromatic heterocycles. The van der Waals surface area contributed by atoms with Gasteiger partial charge in [-0.1, -0.05) is 60.7 Å². The maximum Gasteiger partial charge on any atom is 0.239 e. The highest BCUT2D eigenvalue weighted by Gasteiger charge is 2.22. The van der Waals surface area contributed by atoms with Crippen molar-refractivity contribution in [1.82, 2.24) is 15.2 Å². The summed E-state index contributed by atoms with van der Waals surface area (Å²) in [5, 5.41) is 3.46. The number of carbonyl (C=O) groups excluding carboxylic acids is 1. The smallest absolute Gasteiger partial charge is 0.239 e. The monoisotopic (exact) mass is 403 g/mol. The molecule has 0 aliphatic rings. The first-order chi connectivity index (χ1) is 14.7. The number of aromatic nitrogens is 1. The zero-order valence-electron chi connectivity index (χ0n) is 17.6. The number of likely N-dealkylation sites (N-methyl/N-ethyl adjacent to an activating group) is 1. The van der Waals surface area contributed by atoms with Crippen molar-refractivity contribution in [3.8, 4) is 11.1 Å². The Morgan fingerprint density at radius 3 is 2.43 bits per heavy atom. The quantitative estimate of drug-likeness (QED) is 0.562. The Kier molecular flexibility index (Phi) is 8.12. The second-order valence-electron chi connectivity index (χ2n) is 7.31. The molecule has 3 aromatic rings. The highest BCUT2D eigenvalue weighted by atomic mass is 16.5. The van der Waals surface area contributed by atoms with Gasteiger partial charge in [0.1, 0.15) is 0 Å². The first kappa shape index (κ1) is 21.7. The lowest BCUT2D eigenvalue weighted by Crippen LogP contribution is -2.46. The molecule has 0 fully saturated rings. The molecule has 1 amide bonds. The minimum Gasteiger partial charge on any atom is -0.383 e. The second-order valence-corrected chi connectivity index (χ2v) is 7.31. The number of hydrogen-bond acceptors (Lipinski definition) is 4. The molecule has 0 aliphatic heterocycles. The molecule has 1 N–H and O–H groups in total. The van der Waals surface area contributed by atoms with E-state index in [0.717, 1.165) is 22.3 Å². The molecule has 0 radical (unpaired) electrons. The lowest BCUT2D eigenvalue weighted by atomic mass is 10.0. The van der Waals surface area contributed by atoms with Crippen LogP contribution in [0.2, 0.25) is 0 Å². The Labute approximate surface area is 178 Å². The van der Waals surface area contributed by atoms with E-state index in [2.05, 4.69) is 46.7 Å². The van der Waals surface area contributed by atoms with Crippen molar-refractivity contribution in [2.24, 2.45) is 0 Å². The third-order valence-corrected chi connectivity index (χ3v) is 5.09. The van der Waals surface area contributed by atoms with Crippen LogP contribution in [-0.2, 0) is 22.5 Å². The minimum atomic E-state index is -0.299. The van der Waals surface area contributed by atoms with E-state index >= 15 is 0 Å². The maximum atomic E-state index is 13.0. The lowest BCUT2D eigenvalue weighted by Gasteiger charge is -2.25. The number of rotatable bonds is 10. The van der Waals surface area contributed by atoms with Crippen LogP contribution in [-0.4, -0.2) is 49.1 Å². The van der Waals surface area contributed by atoms with Crippen molar-refractivity contribution in [2.45, 2.75) is 19.0 Å². The van der Waals surface area contributed by atoms with Gasteiger partial charge in [-0.15, -0.1) is 0 Å². The third-order valence-electron chi connectivity index (χ3n) is 5.09. The lowest BCUT2D eigenvalue weighted by molar-refractivity contribution is -0.132. The van der Waals surface area contributed by atoms with Gasteiger partial charge in [0, 0.05) is 39.6 Å². The fourth-order valence-electron chi connectivity index (χ4n) is 3.29. The van der Waals surface area contributed by atoms with Crippen molar-refractivity contribution in [1.29, 1.82) is 0 Å².